The molecule has 4 nitrogen and oxygen atoms in total. The number of unbranched alkanes of at least 4 members (excludes halogenated alkanes) is 2. The average Bonchev–Trinajstić information content (AvgIpc) is 3.19. The summed E-state index contributed by atoms with van der Waals surface area (Å²) in [6.45, 7) is 11.6. The third-order valence-corrected chi connectivity index (χ3v) is 10.6. The lowest BCUT2D eigenvalue weighted by Crippen LogP contribution is -2.52. The average molecular weight is 583 g/mol. The third kappa shape index (κ3) is 6.11. The number of benzene rings is 3. The zero-order valence-electron chi connectivity index (χ0n) is 26.9. The van der Waals surface area contributed by atoms with Gasteiger partial charge in [0, 0.05) is 11.5 Å². The van der Waals surface area contributed by atoms with Crippen LogP contribution in [-0.4, -0.2) is 19.0 Å². The minimum Gasteiger partial charge on any atom is -0.464 e. The maximum Gasteiger partial charge on any atom is 0.208 e. The van der Waals surface area contributed by atoms with Crippen LogP contribution in [0.2, 0.25) is 0 Å². The molecule has 1 heterocycles. The van der Waals surface area contributed by atoms with E-state index in [0.29, 0.717) is 6.61 Å². The van der Waals surface area contributed by atoms with Crippen molar-refractivity contribution in [3.63, 3.8) is 0 Å². The van der Waals surface area contributed by atoms with E-state index >= 15 is 0 Å². The smallest absolute Gasteiger partial charge is 0.208 e. The van der Waals surface area contributed by atoms with Crippen molar-refractivity contribution in [2.24, 2.45) is 10.8 Å². The highest BCUT2D eigenvalue weighted by Crippen LogP contribution is 2.52. The Morgan fingerprint density at radius 2 is 1.63 bits per heavy atom. The second kappa shape index (κ2) is 12.7. The number of fused-ring (bicyclic) bond motifs is 7. The van der Waals surface area contributed by atoms with Crippen LogP contribution in [-0.2, 0) is 35.3 Å². The number of hydrogen-bond acceptors (Lipinski definition) is 4. The van der Waals surface area contributed by atoms with Crippen molar-refractivity contribution in [3.8, 4) is 11.5 Å². The van der Waals surface area contributed by atoms with Gasteiger partial charge in [-0.25, -0.2) is 0 Å². The normalized spacial score (nSPS) is 22.6. The topological polar surface area (TPSA) is 36.9 Å². The monoisotopic (exact) mass is 582 g/mol. The van der Waals surface area contributed by atoms with Crippen molar-refractivity contribution >= 4 is 0 Å². The molecule has 2 unspecified atom stereocenters. The van der Waals surface area contributed by atoms with E-state index in [4.69, 9.17) is 19.2 Å². The van der Waals surface area contributed by atoms with Gasteiger partial charge in [0.15, 0.2) is 5.75 Å². The molecule has 0 N–H and O–H groups in total. The summed E-state index contributed by atoms with van der Waals surface area (Å²) in [6, 6.07) is 21.8. The fraction of sp³-hybridized carbons (Fsp3) is 0.538. The van der Waals surface area contributed by atoms with Crippen LogP contribution in [0.25, 0.3) is 0 Å². The second-order valence-corrected chi connectivity index (χ2v) is 14.3. The Hall–Kier alpha value is -2.82. The molecule has 3 aromatic carbocycles. The van der Waals surface area contributed by atoms with Crippen LogP contribution in [0.5, 0.6) is 11.5 Å². The van der Waals surface area contributed by atoms with Gasteiger partial charge in [-0.1, -0.05) is 89.9 Å². The summed E-state index contributed by atoms with van der Waals surface area (Å²) in [5.41, 5.74) is 7.84. The summed E-state index contributed by atoms with van der Waals surface area (Å²) >= 11 is 0. The minimum atomic E-state index is -0.494. The molecule has 0 saturated heterocycles. The Labute approximate surface area is 259 Å². The van der Waals surface area contributed by atoms with Crippen molar-refractivity contribution in [2.75, 3.05) is 6.61 Å². The molecule has 0 aromatic heterocycles. The zero-order valence-corrected chi connectivity index (χ0v) is 26.9. The number of hydrogen-bond donors (Lipinski definition) is 0. The van der Waals surface area contributed by atoms with Gasteiger partial charge in [-0.15, -0.1) is 0 Å². The Morgan fingerprint density at radius 1 is 0.837 bits per heavy atom. The maximum absolute atomic E-state index is 7.14. The van der Waals surface area contributed by atoms with Gasteiger partial charge in [0.05, 0.1) is 11.5 Å². The van der Waals surface area contributed by atoms with Crippen LogP contribution in [0.4, 0.5) is 0 Å². The van der Waals surface area contributed by atoms with Crippen molar-refractivity contribution in [1.82, 2.24) is 0 Å². The quantitative estimate of drug-likeness (QED) is 0.143. The molecule has 6 rings (SSSR count). The lowest BCUT2D eigenvalue weighted by Gasteiger charge is -2.46. The standard InChI is InChI=1S/C39H50O4/c1-6-7-8-13-27-18-22-30(23-19-27)43-40-26-39(5,38(2,3)4)37-41-33-24-20-28-14-9-11-16-31(28)35(33)36-32-17-12-10-15-29(32)21-25-34(36)42-37/h9,11,14,16,18-19,21-23,25,33,35,37H,6-8,10,12-13,15,17,20,24,26H2,1-5H3/t33?,35-,37?,39+/m0/s1. The first-order chi connectivity index (χ1) is 20.8. The number of aryl methyl sites for hydroxylation is 3. The number of ether oxygens (including phenoxy) is 2. The van der Waals surface area contributed by atoms with Gasteiger partial charge < -0.3 is 14.4 Å². The fourth-order valence-corrected chi connectivity index (χ4v) is 7.23. The van der Waals surface area contributed by atoms with E-state index in [1.807, 2.05) is 12.1 Å². The van der Waals surface area contributed by atoms with Gasteiger partial charge in [0.25, 0.3) is 0 Å². The van der Waals surface area contributed by atoms with E-state index < -0.39 is 11.7 Å². The predicted molar refractivity (Wildman–Crippen MR) is 173 cm³/mol. The highest BCUT2D eigenvalue weighted by atomic mass is 17.2. The predicted octanol–water partition coefficient (Wildman–Crippen LogP) is 9.54. The van der Waals surface area contributed by atoms with Crippen LogP contribution in [0.1, 0.15) is 112 Å². The molecule has 4 atom stereocenters. The molecule has 3 aliphatic rings. The van der Waals surface area contributed by atoms with Crippen LogP contribution < -0.4 is 9.62 Å². The molecule has 0 bridgehead atoms. The summed E-state index contributed by atoms with van der Waals surface area (Å²) in [5.74, 6) is 1.87. The lowest BCUT2D eigenvalue weighted by molar-refractivity contribution is -0.285. The van der Waals surface area contributed by atoms with E-state index in [9.17, 15) is 0 Å². The first-order valence-corrected chi connectivity index (χ1v) is 16.7. The summed E-state index contributed by atoms with van der Waals surface area (Å²) < 4.78 is 14.2. The van der Waals surface area contributed by atoms with Crippen LogP contribution in [0.15, 0.2) is 60.7 Å². The summed E-state index contributed by atoms with van der Waals surface area (Å²) in [5, 5.41) is 0. The molecule has 230 valence electrons. The molecule has 43 heavy (non-hydrogen) atoms. The second-order valence-electron chi connectivity index (χ2n) is 14.3. The first-order valence-electron chi connectivity index (χ1n) is 16.7. The highest BCUT2D eigenvalue weighted by Gasteiger charge is 2.52. The highest BCUT2D eigenvalue weighted by molar-refractivity contribution is 5.55. The van der Waals surface area contributed by atoms with Gasteiger partial charge >= 0.3 is 0 Å². The van der Waals surface area contributed by atoms with E-state index in [2.05, 4.69) is 83.1 Å². The van der Waals surface area contributed by atoms with E-state index in [0.717, 1.165) is 43.6 Å². The Bertz CT molecular complexity index is 1390. The molecule has 0 amide bonds. The third-order valence-electron chi connectivity index (χ3n) is 10.6. The van der Waals surface area contributed by atoms with Crippen LogP contribution in [0, 0.1) is 10.8 Å². The largest absolute Gasteiger partial charge is 0.464 e. The van der Waals surface area contributed by atoms with Gasteiger partial charge in [-0.2, -0.15) is 4.89 Å². The van der Waals surface area contributed by atoms with E-state index in [1.165, 1.54) is 65.5 Å². The molecule has 3 aromatic rings. The van der Waals surface area contributed by atoms with Gasteiger partial charge in [-0.05, 0) is 103 Å². The Balaban J connectivity index is 1.28. The van der Waals surface area contributed by atoms with Crippen molar-refractivity contribution in [2.45, 2.75) is 117 Å². The molecule has 0 spiro atoms. The molecule has 0 radical (unpaired) electrons. The van der Waals surface area contributed by atoms with Crippen molar-refractivity contribution < 1.29 is 19.2 Å². The van der Waals surface area contributed by atoms with Crippen molar-refractivity contribution in [1.29, 1.82) is 0 Å². The Kier molecular flexibility index (Phi) is 8.89. The Morgan fingerprint density at radius 3 is 2.42 bits per heavy atom. The summed E-state index contributed by atoms with van der Waals surface area (Å²) in [4.78, 5) is 11.9. The molecule has 1 aliphatic heterocycles. The molecule has 2 aliphatic carbocycles. The fourth-order valence-electron chi connectivity index (χ4n) is 7.23. The molecular weight excluding hydrogens is 532 g/mol. The minimum absolute atomic E-state index is 0.0393. The van der Waals surface area contributed by atoms with Gasteiger partial charge in [0.2, 0.25) is 6.29 Å². The van der Waals surface area contributed by atoms with Crippen LogP contribution in [0.3, 0.4) is 0 Å². The van der Waals surface area contributed by atoms with Gasteiger partial charge in [-0.3, -0.25) is 0 Å². The van der Waals surface area contributed by atoms with Crippen molar-refractivity contribution in [3.05, 3.63) is 94.0 Å². The zero-order chi connectivity index (χ0) is 30.0. The van der Waals surface area contributed by atoms with E-state index in [-0.39, 0.29) is 17.4 Å². The molecule has 0 fully saturated rings. The molecule has 0 saturated carbocycles. The van der Waals surface area contributed by atoms with Crippen LogP contribution >= 0.6 is 0 Å². The van der Waals surface area contributed by atoms with E-state index in [1.54, 1.807) is 0 Å². The number of rotatable bonds is 9. The summed E-state index contributed by atoms with van der Waals surface area (Å²) in [7, 11) is 0. The maximum atomic E-state index is 7.14. The lowest BCUT2D eigenvalue weighted by atomic mass is 9.67. The molecule has 4 heteroatoms. The first kappa shape index (κ1) is 30.2. The molecular formula is C39H50O4. The SMILES string of the molecule is CCCCCc1ccc(OOC[C@](C)(C2Oc3ccc4c(c3[C@H]3c5ccccc5CCC3O2)CCCC4)C(C)(C)C)cc1. The summed E-state index contributed by atoms with van der Waals surface area (Å²) in [6.07, 6.45) is 11.1. The van der Waals surface area contributed by atoms with Gasteiger partial charge in [0.1, 0.15) is 12.4 Å².